The van der Waals surface area contributed by atoms with Crippen LogP contribution in [0.1, 0.15) is 47.1 Å². The second-order valence-corrected chi connectivity index (χ2v) is 9.39. The monoisotopic (exact) mass is 352 g/mol. The average Bonchev–Trinajstić information content (AvgIpc) is 2.56. The maximum Gasteiger partial charge on any atom is 0.214 e. The van der Waals surface area contributed by atoms with E-state index in [1.54, 1.807) is 7.11 Å². The van der Waals surface area contributed by atoms with E-state index in [4.69, 9.17) is 4.74 Å². The van der Waals surface area contributed by atoms with Gasteiger partial charge in [-0.05, 0) is 34.1 Å². The van der Waals surface area contributed by atoms with Gasteiger partial charge in [0.2, 0.25) is 11.6 Å². The van der Waals surface area contributed by atoms with Crippen molar-refractivity contribution in [1.82, 2.24) is 0 Å². The number of hydrogen-bond donors (Lipinski definition) is 0. The first-order chi connectivity index (χ1) is 11.9. The van der Waals surface area contributed by atoms with Gasteiger partial charge in [0.05, 0.1) is 18.4 Å². The van der Waals surface area contributed by atoms with E-state index in [0.717, 1.165) is 22.5 Å². The zero-order valence-electron chi connectivity index (χ0n) is 16.8. The molecular weight excluding hydrogens is 324 g/mol. The molecule has 0 saturated heterocycles. The molecule has 3 heteroatoms. The summed E-state index contributed by atoms with van der Waals surface area (Å²) in [5.74, 6) is -0.238. The summed E-state index contributed by atoms with van der Waals surface area (Å²) in [6, 6.07) is 7.74. The van der Waals surface area contributed by atoms with Crippen molar-refractivity contribution in [3.8, 4) is 5.75 Å². The predicted molar refractivity (Wildman–Crippen MR) is 104 cm³/mol. The minimum atomic E-state index is -0.934. The number of allylic oxidation sites excluding steroid dienone is 4. The fourth-order valence-electron chi connectivity index (χ4n) is 4.27. The van der Waals surface area contributed by atoms with Gasteiger partial charge in [-0.3, -0.25) is 9.59 Å². The van der Waals surface area contributed by atoms with Crippen LogP contribution < -0.4 is 4.74 Å². The maximum absolute atomic E-state index is 13.3. The number of ketones is 2. The van der Waals surface area contributed by atoms with Crippen molar-refractivity contribution in [2.45, 2.75) is 41.5 Å². The molecule has 2 bridgehead atoms. The lowest BCUT2D eigenvalue weighted by Gasteiger charge is -2.51. The molecule has 4 rings (SSSR count). The van der Waals surface area contributed by atoms with Crippen LogP contribution >= 0.6 is 0 Å². The molecule has 0 amide bonds. The average molecular weight is 352 g/mol. The van der Waals surface area contributed by atoms with Crippen molar-refractivity contribution in [3.05, 3.63) is 47.6 Å². The molecule has 0 radical (unpaired) electrons. The molecule has 138 valence electrons. The quantitative estimate of drug-likeness (QED) is 0.563. The SMILES string of the molecule is COc1ccc(C2=CC3C(=O)C(=O)C2(C(C)(C)C)C=C3C(C)(C)C)cc1. The first kappa shape index (κ1) is 18.6. The molecular formula is C23H28O3. The van der Waals surface area contributed by atoms with Crippen LogP contribution in [0.5, 0.6) is 5.75 Å². The number of carbonyl (C=O) groups excluding carboxylic acids is 2. The van der Waals surface area contributed by atoms with Crippen LogP contribution in [0.4, 0.5) is 0 Å². The highest BCUT2D eigenvalue weighted by atomic mass is 16.5. The molecule has 3 nitrogen and oxygen atoms in total. The molecule has 3 aliphatic rings. The summed E-state index contributed by atoms with van der Waals surface area (Å²) < 4.78 is 5.26. The Labute approximate surface area is 156 Å². The van der Waals surface area contributed by atoms with Crippen LogP contribution in [0, 0.1) is 22.2 Å². The fraction of sp³-hybridized carbons (Fsp3) is 0.478. The second kappa shape index (κ2) is 5.67. The number of benzene rings is 1. The Morgan fingerprint density at radius 3 is 2.00 bits per heavy atom. The zero-order valence-corrected chi connectivity index (χ0v) is 16.8. The number of carbonyl (C=O) groups is 2. The van der Waals surface area contributed by atoms with Crippen LogP contribution in [0.3, 0.4) is 0 Å². The number of methoxy groups -OCH3 is 1. The maximum atomic E-state index is 13.3. The van der Waals surface area contributed by atoms with Gasteiger partial charge in [-0.1, -0.05) is 71.4 Å². The van der Waals surface area contributed by atoms with Crippen molar-refractivity contribution < 1.29 is 14.3 Å². The third kappa shape index (κ3) is 2.48. The summed E-state index contributed by atoms with van der Waals surface area (Å²) in [5, 5.41) is 0. The number of hydrogen-bond acceptors (Lipinski definition) is 3. The summed E-state index contributed by atoms with van der Waals surface area (Å²) in [7, 11) is 1.63. The summed E-state index contributed by atoms with van der Waals surface area (Å²) in [4.78, 5) is 26.2. The number of ether oxygens (including phenoxy) is 1. The predicted octanol–water partition coefficient (Wildman–Crippen LogP) is 4.87. The zero-order chi connectivity index (χ0) is 19.5. The van der Waals surface area contributed by atoms with Gasteiger partial charge in [-0.2, -0.15) is 0 Å². The number of Topliss-reactive ketones (excluding diaryl/α,β-unsaturated/α-hetero) is 2. The first-order valence-corrected chi connectivity index (χ1v) is 9.12. The molecule has 1 aromatic carbocycles. The molecule has 1 aromatic rings. The highest BCUT2D eigenvalue weighted by Crippen LogP contribution is 2.60. The molecule has 3 aliphatic carbocycles. The van der Waals surface area contributed by atoms with Gasteiger partial charge in [-0.15, -0.1) is 0 Å². The lowest BCUT2D eigenvalue weighted by molar-refractivity contribution is -0.145. The Bertz CT molecular complexity index is 826. The van der Waals surface area contributed by atoms with Gasteiger partial charge in [-0.25, -0.2) is 0 Å². The topological polar surface area (TPSA) is 43.4 Å². The lowest BCUT2D eigenvalue weighted by Crippen LogP contribution is -2.55. The van der Waals surface area contributed by atoms with E-state index in [0.29, 0.717) is 0 Å². The van der Waals surface area contributed by atoms with Crippen LogP contribution in [0.25, 0.3) is 5.57 Å². The smallest absolute Gasteiger partial charge is 0.214 e. The molecule has 2 atom stereocenters. The summed E-state index contributed by atoms with van der Waals surface area (Å²) in [6.45, 7) is 12.4. The van der Waals surface area contributed by atoms with E-state index < -0.39 is 16.7 Å². The normalized spacial score (nSPS) is 25.9. The van der Waals surface area contributed by atoms with E-state index in [1.807, 2.05) is 51.1 Å². The second-order valence-electron chi connectivity index (χ2n) is 9.39. The van der Waals surface area contributed by atoms with Crippen LogP contribution in [0.15, 0.2) is 42.0 Å². The Morgan fingerprint density at radius 2 is 1.54 bits per heavy atom. The van der Waals surface area contributed by atoms with Gasteiger partial charge in [0, 0.05) is 0 Å². The number of fused-ring (bicyclic) bond motifs is 1. The fourth-order valence-corrected chi connectivity index (χ4v) is 4.27. The molecule has 0 aromatic heterocycles. The Balaban J connectivity index is 2.28. The third-order valence-electron chi connectivity index (χ3n) is 5.78. The van der Waals surface area contributed by atoms with Gasteiger partial charge < -0.3 is 4.74 Å². The van der Waals surface area contributed by atoms with Gasteiger partial charge in [0.25, 0.3) is 0 Å². The minimum Gasteiger partial charge on any atom is -0.497 e. The van der Waals surface area contributed by atoms with Crippen molar-refractivity contribution in [2.24, 2.45) is 22.2 Å². The molecule has 2 unspecified atom stereocenters. The van der Waals surface area contributed by atoms with E-state index in [-0.39, 0.29) is 17.0 Å². The molecule has 0 aliphatic heterocycles. The molecule has 0 spiro atoms. The van der Waals surface area contributed by atoms with E-state index in [2.05, 4.69) is 26.8 Å². The largest absolute Gasteiger partial charge is 0.497 e. The van der Waals surface area contributed by atoms with E-state index in [1.165, 1.54) is 0 Å². The van der Waals surface area contributed by atoms with Crippen molar-refractivity contribution >= 4 is 17.1 Å². The molecule has 0 saturated carbocycles. The number of rotatable bonds is 2. The van der Waals surface area contributed by atoms with Crippen molar-refractivity contribution in [1.29, 1.82) is 0 Å². The summed E-state index contributed by atoms with van der Waals surface area (Å²) in [6.07, 6.45) is 4.12. The van der Waals surface area contributed by atoms with E-state index >= 15 is 0 Å². The molecule has 0 N–H and O–H groups in total. The third-order valence-corrected chi connectivity index (χ3v) is 5.78. The summed E-state index contributed by atoms with van der Waals surface area (Å²) >= 11 is 0. The Kier molecular flexibility index (Phi) is 4.06. The summed E-state index contributed by atoms with van der Waals surface area (Å²) in [5.41, 5.74) is 1.43. The first-order valence-electron chi connectivity index (χ1n) is 9.12. The van der Waals surface area contributed by atoms with E-state index in [9.17, 15) is 9.59 Å². The molecule has 0 heterocycles. The van der Waals surface area contributed by atoms with Crippen molar-refractivity contribution in [3.63, 3.8) is 0 Å². The highest BCUT2D eigenvalue weighted by molar-refractivity contribution is 6.46. The highest BCUT2D eigenvalue weighted by Gasteiger charge is 2.60. The molecule has 26 heavy (non-hydrogen) atoms. The van der Waals surface area contributed by atoms with Crippen LogP contribution in [-0.4, -0.2) is 18.7 Å². The molecule has 0 fully saturated rings. The van der Waals surface area contributed by atoms with Gasteiger partial charge >= 0.3 is 0 Å². The van der Waals surface area contributed by atoms with Crippen molar-refractivity contribution in [2.75, 3.05) is 7.11 Å². The van der Waals surface area contributed by atoms with Gasteiger partial charge in [0.15, 0.2) is 0 Å². The standard InChI is InChI=1S/C23H28O3/c1-21(2,3)18-13-23(22(4,5)6)17(12-16(18)19(24)20(23)25)14-8-10-15(26-7)11-9-14/h8-13,16H,1-7H3. The Hall–Kier alpha value is -2.16. The minimum absolute atomic E-state index is 0.167. The van der Waals surface area contributed by atoms with Gasteiger partial charge in [0.1, 0.15) is 5.75 Å². The Morgan fingerprint density at radius 1 is 0.962 bits per heavy atom. The lowest BCUT2D eigenvalue weighted by atomic mass is 9.49. The van der Waals surface area contributed by atoms with Crippen LogP contribution in [0.2, 0.25) is 0 Å². The van der Waals surface area contributed by atoms with Crippen LogP contribution in [-0.2, 0) is 9.59 Å².